The lowest BCUT2D eigenvalue weighted by Crippen LogP contribution is -2.26. The summed E-state index contributed by atoms with van der Waals surface area (Å²) in [5.74, 6) is 0.854. The number of hydrogen-bond donors (Lipinski definition) is 0. The zero-order chi connectivity index (χ0) is 12.4. The fraction of sp³-hybridized carbons (Fsp3) is 0.571. The summed E-state index contributed by atoms with van der Waals surface area (Å²) in [6.45, 7) is 2.26. The van der Waals surface area contributed by atoms with Crippen molar-refractivity contribution in [2.24, 2.45) is 11.8 Å². The van der Waals surface area contributed by atoms with E-state index in [1.165, 1.54) is 12.5 Å². The van der Waals surface area contributed by atoms with Gasteiger partial charge in [0.1, 0.15) is 5.82 Å². The Kier molecular flexibility index (Phi) is 4.32. The topological polar surface area (TPSA) is 0 Å². The Hall–Kier alpha value is -0.270. The van der Waals surface area contributed by atoms with E-state index in [4.69, 9.17) is 23.2 Å². The summed E-state index contributed by atoms with van der Waals surface area (Å²) in [6.07, 6.45) is 4.27. The van der Waals surface area contributed by atoms with E-state index >= 15 is 0 Å². The Balaban J connectivity index is 2.06. The first-order valence-corrected chi connectivity index (χ1v) is 6.95. The molecule has 0 radical (unpaired) electrons. The largest absolute Gasteiger partial charge is 0.205 e. The summed E-state index contributed by atoms with van der Waals surface area (Å²) in [4.78, 5) is 0. The molecule has 17 heavy (non-hydrogen) atoms. The molecule has 1 aliphatic rings. The van der Waals surface area contributed by atoms with Crippen LogP contribution in [0.1, 0.15) is 31.7 Å². The van der Waals surface area contributed by atoms with Crippen LogP contribution in [0.2, 0.25) is 5.02 Å². The van der Waals surface area contributed by atoms with E-state index in [0.29, 0.717) is 5.92 Å². The molecule has 0 aliphatic heterocycles. The number of rotatable bonds is 2. The molecule has 0 aromatic heterocycles. The van der Waals surface area contributed by atoms with Crippen LogP contribution in [-0.2, 0) is 6.42 Å². The second-order valence-electron chi connectivity index (χ2n) is 5.15. The van der Waals surface area contributed by atoms with Crippen molar-refractivity contribution in [1.29, 1.82) is 0 Å². The molecule has 1 aromatic rings. The maximum Gasteiger partial charge on any atom is 0.142 e. The average Bonchev–Trinajstić information content (AvgIpc) is 2.29. The number of benzene rings is 1. The minimum absolute atomic E-state index is 0.188. The SMILES string of the molecule is CC1CCC(Cl)C(Cc2ccc(Cl)c(F)c2)C1. The van der Waals surface area contributed by atoms with E-state index in [0.717, 1.165) is 30.7 Å². The summed E-state index contributed by atoms with van der Waals surface area (Å²) < 4.78 is 13.3. The summed E-state index contributed by atoms with van der Waals surface area (Å²) in [5, 5.41) is 0.415. The van der Waals surface area contributed by atoms with Crippen molar-refractivity contribution in [2.45, 2.75) is 38.0 Å². The van der Waals surface area contributed by atoms with Crippen LogP contribution in [0.5, 0.6) is 0 Å². The van der Waals surface area contributed by atoms with Gasteiger partial charge in [-0.3, -0.25) is 0 Å². The van der Waals surface area contributed by atoms with Gasteiger partial charge in [-0.25, -0.2) is 4.39 Å². The van der Waals surface area contributed by atoms with Crippen molar-refractivity contribution in [1.82, 2.24) is 0 Å². The van der Waals surface area contributed by atoms with Crippen molar-refractivity contribution in [3.8, 4) is 0 Å². The molecule has 1 saturated carbocycles. The molecule has 1 fully saturated rings. The monoisotopic (exact) mass is 274 g/mol. The van der Waals surface area contributed by atoms with E-state index in [-0.39, 0.29) is 16.2 Å². The van der Waals surface area contributed by atoms with E-state index in [2.05, 4.69) is 6.92 Å². The Morgan fingerprint density at radius 2 is 2.12 bits per heavy atom. The smallest absolute Gasteiger partial charge is 0.142 e. The van der Waals surface area contributed by atoms with Gasteiger partial charge in [0.05, 0.1) is 5.02 Å². The van der Waals surface area contributed by atoms with E-state index < -0.39 is 0 Å². The van der Waals surface area contributed by atoms with Gasteiger partial charge in [-0.1, -0.05) is 24.6 Å². The zero-order valence-electron chi connectivity index (χ0n) is 9.93. The lowest BCUT2D eigenvalue weighted by Gasteiger charge is -2.31. The van der Waals surface area contributed by atoms with Crippen LogP contribution < -0.4 is 0 Å². The number of alkyl halides is 1. The third-order valence-corrected chi connectivity index (χ3v) is 4.51. The van der Waals surface area contributed by atoms with Gasteiger partial charge in [0, 0.05) is 5.38 Å². The zero-order valence-corrected chi connectivity index (χ0v) is 11.4. The molecule has 0 N–H and O–H groups in total. The Bertz CT molecular complexity index is 392. The summed E-state index contributed by atoms with van der Waals surface area (Å²) in [5.41, 5.74) is 0.997. The van der Waals surface area contributed by atoms with Crippen LogP contribution in [0.25, 0.3) is 0 Å². The van der Waals surface area contributed by atoms with Gasteiger partial charge in [0.15, 0.2) is 0 Å². The molecule has 0 amide bonds. The molecule has 0 nitrogen and oxygen atoms in total. The maximum absolute atomic E-state index is 13.3. The molecule has 3 heteroatoms. The molecule has 0 heterocycles. The Morgan fingerprint density at radius 3 is 2.82 bits per heavy atom. The van der Waals surface area contributed by atoms with Crippen molar-refractivity contribution in [2.75, 3.05) is 0 Å². The second-order valence-corrected chi connectivity index (χ2v) is 6.11. The van der Waals surface area contributed by atoms with Gasteiger partial charge in [-0.2, -0.15) is 0 Å². The summed E-state index contributed by atoms with van der Waals surface area (Å²) in [7, 11) is 0. The highest BCUT2D eigenvalue weighted by Crippen LogP contribution is 2.34. The van der Waals surface area contributed by atoms with E-state index in [1.54, 1.807) is 6.07 Å². The van der Waals surface area contributed by atoms with E-state index in [1.807, 2.05) is 6.07 Å². The normalized spacial score (nSPS) is 29.3. The minimum atomic E-state index is -0.334. The fourth-order valence-corrected chi connectivity index (χ4v) is 3.08. The third kappa shape index (κ3) is 3.35. The van der Waals surface area contributed by atoms with E-state index in [9.17, 15) is 4.39 Å². The summed E-state index contributed by atoms with van der Waals surface area (Å²) >= 11 is 12.0. The number of halogens is 3. The van der Waals surface area contributed by atoms with Gasteiger partial charge in [-0.05, 0) is 55.2 Å². The predicted molar refractivity (Wildman–Crippen MR) is 71.3 cm³/mol. The Labute approximate surface area is 112 Å². The van der Waals surface area contributed by atoms with Crippen LogP contribution in [-0.4, -0.2) is 5.38 Å². The minimum Gasteiger partial charge on any atom is -0.205 e. The highest BCUT2D eigenvalue weighted by Gasteiger charge is 2.27. The highest BCUT2D eigenvalue weighted by atomic mass is 35.5. The van der Waals surface area contributed by atoms with Gasteiger partial charge in [0.2, 0.25) is 0 Å². The lowest BCUT2D eigenvalue weighted by atomic mass is 9.79. The molecular weight excluding hydrogens is 258 g/mol. The van der Waals surface area contributed by atoms with Crippen LogP contribution in [0.4, 0.5) is 4.39 Å². The molecule has 3 atom stereocenters. The van der Waals surface area contributed by atoms with Crippen molar-refractivity contribution in [3.63, 3.8) is 0 Å². The first-order valence-electron chi connectivity index (χ1n) is 6.14. The van der Waals surface area contributed by atoms with Gasteiger partial charge >= 0.3 is 0 Å². The predicted octanol–water partition coefficient (Wildman–Crippen LogP) is 5.07. The standard InChI is InChI=1S/C14H17Cl2F/c1-9-2-4-12(15)11(6-9)7-10-3-5-13(16)14(17)8-10/h3,5,8-9,11-12H,2,4,6-7H2,1H3. The molecule has 0 bridgehead atoms. The lowest BCUT2D eigenvalue weighted by molar-refractivity contribution is 0.287. The Morgan fingerprint density at radius 1 is 1.35 bits per heavy atom. The quantitative estimate of drug-likeness (QED) is 0.661. The molecule has 2 rings (SSSR count). The van der Waals surface area contributed by atoms with Crippen LogP contribution in [0, 0.1) is 17.7 Å². The highest BCUT2D eigenvalue weighted by molar-refractivity contribution is 6.30. The van der Waals surface area contributed by atoms with Gasteiger partial charge in [-0.15, -0.1) is 11.6 Å². The number of hydrogen-bond acceptors (Lipinski definition) is 0. The molecule has 1 aliphatic carbocycles. The molecule has 3 unspecified atom stereocenters. The molecule has 94 valence electrons. The van der Waals surface area contributed by atoms with Crippen molar-refractivity contribution < 1.29 is 4.39 Å². The second kappa shape index (κ2) is 5.58. The van der Waals surface area contributed by atoms with Crippen LogP contribution in [0.3, 0.4) is 0 Å². The average molecular weight is 275 g/mol. The van der Waals surface area contributed by atoms with Gasteiger partial charge in [0.25, 0.3) is 0 Å². The molecular formula is C14H17Cl2F. The van der Waals surface area contributed by atoms with Crippen molar-refractivity contribution in [3.05, 3.63) is 34.6 Å². The first-order chi connectivity index (χ1) is 8.06. The first kappa shape index (κ1) is 13.2. The van der Waals surface area contributed by atoms with Crippen molar-refractivity contribution >= 4 is 23.2 Å². The van der Waals surface area contributed by atoms with Crippen LogP contribution in [0.15, 0.2) is 18.2 Å². The third-order valence-electron chi connectivity index (χ3n) is 3.63. The van der Waals surface area contributed by atoms with Crippen LogP contribution >= 0.6 is 23.2 Å². The molecule has 0 saturated heterocycles. The molecule has 0 spiro atoms. The fourth-order valence-electron chi connectivity index (χ4n) is 2.64. The van der Waals surface area contributed by atoms with Gasteiger partial charge < -0.3 is 0 Å². The maximum atomic E-state index is 13.3. The molecule has 1 aromatic carbocycles. The summed E-state index contributed by atoms with van der Waals surface area (Å²) in [6, 6.07) is 5.06.